The van der Waals surface area contributed by atoms with Gasteiger partial charge in [-0.15, -0.1) is 0 Å². The molecular formula is C13H17BrO2. The minimum absolute atomic E-state index is 0.591. The Morgan fingerprint density at radius 1 is 1.38 bits per heavy atom. The van der Waals surface area contributed by atoms with Gasteiger partial charge in [-0.25, -0.2) is 0 Å². The Labute approximate surface area is 105 Å². The summed E-state index contributed by atoms with van der Waals surface area (Å²) in [7, 11) is 0. The molecule has 0 fully saturated rings. The van der Waals surface area contributed by atoms with Crippen LogP contribution in [-0.2, 0) is 0 Å². The Balaban J connectivity index is 2.24. The summed E-state index contributed by atoms with van der Waals surface area (Å²) >= 11 is 3.59. The SMILES string of the molecule is CCC(Br)CCCOc1ccc(C=O)cc1. The van der Waals surface area contributed by atoms with Crippen molar-refractivity contribution in [1.82, 2.24) is 0 Å². The summed E-state index contributed by atoms with van der Waals surface area (Å²) in [6, 6.07) is 7.19. The van der Waals surface area contributed by atoms with Gasteiger partial charge in [0.2, 0.25) is 0 Å². The Morgan fingerprint density at radius 2 is 2.06 bits per heavy atom. The van der Waals surface area contributed by atoms with Crippen molar-refractivity contribution < 1.29 is 9.53 Å². The molecule has 0 aliphatic carbocycles. The third kappa shape index (κ3) is 4.79. The lowest BCUT2D eigenvalue weighted by Crippen LogP contribution is -2.02. The van der Waals surface area contributed by atoms with Crippen LogP contribution in [0.2, 0.25) is 0 Å². The summed E-state index contributed by atoms with van der Waals surface area (Å²) in [5.41, 5.74) is 0.679. The van der Waals surface area contributed by atoms with E-state index in [0.717, 1.165) is 37.9 Å². The van der Waals surface area contributed by atoms with Crippen molar-refractivity contribution in [3.05, 3.63) is 29.8 Å². The number of halogens is 1. The molecule has 0 radical (unpaired) electrons. The van der Waals surface area contributed by atoms with Gasteiger partial charge in [0.05, 0.1) is 6.61 Å². The van der Waals surface area contributed by atoms with Gasteiger partial charge in [0.1, 0.15) is 12.0 Å². The third-order valence-electron chi connectivity index (χ3n) is 2.39. The molecule has 0 heterocycles. The Bertz CT molecular complexity index is 308. The van der Waals surface area contributed by atoms with Crippen LogP contribution in [0.5, 0.6) is 5.75 Å². The zero-order valence-electron chi connectivity index (χ0n) is 9.49. The van der Waals surface area contributed by atoms with Gasteiger partial charge in [-0.2, -0.15) is 0 Å². The molecule has 2 nitrogen and oxygen atoms in total. The number of carbonyl (C=O) groups excluding carboxylic acids is 1. The number of ether oxygens (including phenoxy) is 1. The van der Waals surface area contributed by atoms with E-state index in [1.165, 1.54) is 0 Å². The molecule has 0 spiro atoms. The summed E-state index contributed by atoms with van der Waals surface area (Å²) in [4.78, 5) is 11.0. The molecule has 0 saturated carbocycles. The molecule has 0 bridgehead atoms. The van der Waals surface area contributed by atoms with Gasteiger partial charge in [0.15, 0.2) is 0 Å². The number of aldehydes is 1. The van der Waals surface area contributed by atoms with Crippen molar-refractivity contribution in [2.24, 2.45) is 0 Å². The van der Waals surface area contributed by atoms with E-state index in [1.54, 1.807) is 12.1 Å². The van der Waals surface area contributed by atoms with Gasteiger partial charge in [0, 0.05) is 10.4 Å². The van der Waals surface area contributed by atoms with Gasteiger partial charge < -0.3 is 4.74 Å². The number of hydrogen-bond acceptors (Lipinski definition) is 2. The van der Waals surface area contributed by atoms with Crippen molar-refractivity contribution in [2.45, 2.75) is 31.0 Å². The van der Waals surface area contributed by atoms with E-state index in [0.29, 0.717) is 10.4 Å². The van der Waals surface area contributed by atoms with Crippen molar-refractivity contribution in [2.75, 3.05) is 6.61 Å². The lowest BCUT2D eigenvalue weighted by atomic mass is 10.2. The second-order valence-corrected chi connectivity index (χ2v) is 4.98. The van der Waals surface area contributed by atoms with E-state index in [9.17, 15) is 4.79 Å². The van der Waals surface area contributed by atoms with Gasteiger partial charge in [-0.05, 0) is 43.5 Å². The van der Waals surface area contributed by atoms with Crippen LogP contribution >= 0.6 is 15.9 Å². The molecule has 0 amide bonds. The molecular weight excluding hydrogens is 268 g/mol. The molecule has 16 heavy (non-hydrogen) atoms. The Hall–Kier alpha value is -0.830. The molecule has 88 valence electrons. The van der Waals surface area contributed by atoms with Gasteiger partial charge in [0.25, 0.3) is 0 Å². The van der Waals surface area contributed by atoms with Crippen LogP contribution in [0, 0.1) is 0 Å². The van der Waals surface area contributed by atoms with E-state index in [2.05, 4.69) is 22.9 Å². The largest absolute Gasteiger partial charge is 0.494 e. The maximum absolute atomic E-state index is 10.4. The highest BCUT2D eigenvalue weighted by atomic mass is 79.9. The lowest BCUT2D eigenvalue weighted by Gasteiger charge is -2.08. The first-order valence-electron chi connectivity index (χ1n) is 5.58. The molecule has 0 aromatic heterocycles. The van der Waals surface area contributed by atoms with Crippen molar-refractivity contribution >= 4 is 22.2 Å². The first kappa shape index (κ1) is 13.2. The highest BCUT2D eigenvalue weighted by Crippen LogP contribution is 2.14. The first-order valence-corrected chi connectivity index (χ1v) is 6.50. The molecule has 1 unspecified atom stereocenters. The van der Waals surface area contributed by atoms with E-state index in [4.69, 9.17) is 4.74 Å². The number of carbonyl (C=O) groups is 1. The normalized spacial score (nSPS) is 12.1. The second-order valence-electron chi connectivity index (χ2n) is 3.68. The molecule has 3 heteroatoms. The van der Waals surface area contributed by atoms with E-state index in [-0.39, 0.29) is 0 Å². The second kappa shape index (κ2) is 7.44. The van der Waals surface area contributed by atoms with Crippen LogP contribution < -0.4 is 4.74 Å². The van der Waals surface area contributed by atoms with Gasteiger partial charge in [-0.1, -0.05) is 22.9 Å². The summed E-state index contributed by atoms with van der Waals surface area (Å²) in [6.07, 6.45) is 4.15. The summed E-state index contributed by atoms with van der Waals surface area (Å²) in [5.74, 6) is 0.827. The molecule has 0 N–H and O–H groups in total. The van der Waals surface area contributed by atoms with Gasteiger partial charge >= 0.3 is 0 Å². The highest BCUT2D eigenvalue weighted by Gasteiger charge is 2.00. The van der Waals surface area contributed by atoms with E-state index >= 15 is 0 Å². The predicted molar refractivity (Wildman–Crippen MR) is 69.6 cm³/mol. The van der Waals surface area contributed by atoms with Crippen molar-refractivity contribution in [1.29, 1.82) is 0 Å². The average Bonchev–Trinajstić information content (AvgIpc) is 2.35. The molecule has 1 rings (SSSR count). The zero-order chi connectivity index (χ0) is 11.8. The number of alkyl halides is 1. The zero-order valence-corrected chi connectivity index (χ0v) is 11.1. The summed E-state index contributed by atoms with van der Waals surface area (Å²) < 4.78 is 5.56. The maximum atomic E-state index is 10.4. The monoisotopic (exact) mass is 284 g/mol. The number of hydrogen-bond donors (Lipinski definition) is 0. The van der Waals surface area contributed by atoms with Crippen molar-refractivity contribution in [3.8, 4) is 5.75 Å². The lowest BCUT2D eigenvalue weighted by molar-refractivity contribution is 0.112. The quantitative estimate of drug-likeness (QED) is 0.432. The fourth-order valence-electron chi connectivity index (χ4n) is 1.34. The fourth-order valence-corrected chi connectivity index (χ4v) is 1.67. The molecule has 0 saturated heterocycles. The van der Waals surface area contributed by atoms with Crippen LogP contribution in [0.4, 0.5) is 0 Å². The molecule has 1 aromatic carbocycles. The number of benzene rings is 1. The average molecular weight is 285 g/mol. The smallest absolute Gasteiger partial charge is 0.150 e. The summed E-state index contributed by atoms with van der Waals surface area (Å²) in [6.45, 7) is 2.89. The predicted octanol–water partition coefficient (Wildman–Crippen LogP) is 3.83. The minimum atomic E-state index is 0.591. The van der Waals surface area contributed by atoms with Crippen LogP contribution in [0.1, 0.15) is 36.5 Å². The fraction of sp³-hybridized carbons (Fsp3) is 0.462. The highest BCUT2D eigenvalue weighted by molar-refractivity contribution is 9.09. The third-order valence-corrected chi connectivity index (χ3v) is 3.49. The van der Waals surface area contributed by atoms with E-state index < -0.39 is 0 Å². The van der Waals surface area contributed by atoms with Gasteiger partial charge in [-0.3, -0.25) is 4.79 Å². The molecule has 1 aromatic rings. The van der Waals surface area contributed by atoms with Crippen LogP contribution in [0.25, 0.3) is 0 Å². The van der Waals surface area contributed by atoms with Crippen LogP contribution in [-0.4, -0.2) is 17.7 Å². The minimum Gasteiger partial charge on any atom is -0.494 e. The standard InChI is InChI=1S/C13H17BrO2/c1-2-12(14)4-3-9-16-13-7-5-11(10-15)6-8-13/h5-8,10,12H,2-4,9H2,1H3. The Kier molecular flexibility index (Phi) is 6.16. The summed E-state index contributed by atoms with van der Waals surface area (Å²) in [5, 5.41) is 0. The maximum Gasteiger partial charge on any atom is 0.150 e. The molecule has 1 atom stereocenters. The first-order chi connectivity index (χ1) is 7.76. The van der Waals surface area contributed by atoms with Crippen molar-refractivity contribution in [3.63, 3.8) is 0 Å². The topological polar surface area (TPSA) is 26.3 Å². The Morgan fingerprint density at radius 3 is 2.62 bits per heavy atom. The number of rotatable bonds is 7. The van der Waals surface area contributed by atoms with Crippen LogP contribution in [0.3, 0.4) is 0 Å². The molecule has 0 aliphatic rings. The van der Waals surface area contributed by atoms with Crippen LogP contribution in [0.15, 0.2) is 24.3 Å². The molecule has 0 aliphatic heterocycles. The van der Waals surface area contributed by atoms with E-state index in [1.807, 2.05) is 12.1 Å².